The first-order valence-corrected chi connectivity index (χ1v) is 11.1. The van der Waals surface area contributed by atoms with Crippen molar-refractivity contribution in [1.82, 2.24) is 9.29 Å². The van der Waals surface area contributed by atoms with Crippen molar-refractivity contribution in [3.63, 3.8) is 0 Å². The molecule has 8 heteroatoms. The summed E-state index contributed by atoms with van der Waals surface area (Å²) in [5, 5.41) is 3.19. The fraction of sp³-hybridized carbons (Fsp3) is 0.368. The van der Waals surface area contributed by atoms with E-state index in [1.807, 2.05) is 18.2 Å². The third-order valence-electron chi connectivity index (χ3n) is 4.08. The van der Waals surface area contributed by atoms with Gasteiger partial charge in [-0.2, -0.15) is 4.31 Å². The van der Waals surface area contributed by atoms with Crippen LogP contribution in [0.3, 0.4) is 0 Å². The number of anilines is 1. The lowest BCUT2D eigenvalue weighted by Crippen LogP contribution is -2.31. The second-order valence-corrected chi connectivity index (χ2v) is 9.25. The van der Waals surface area contributed by atoms with E-state index in [0.717, 1.165) is 5.03 Å². The van der Waals surface area contributed by atoms with Crippen LogP contribution < -0.4 is 5.32 Å². The van der Waals surface area contributed by atoms with E-state index >= 15 is 0 Å². The van der Waals surface area contributed by atoms with Crippen molar-refractivity contribution in [2.75, 3.05) is 18.4 Å². The Bertz CT molecular complexity index is 882. The topological polar surface area (TPSA) is 79.4 Å². The van der Waals surface area contributed by atoms with Gasteiger partial charge >= 0.3 is 0 Å². The van der Waals surface area contributed by atoms with E-state index in [9.17, 15) is 13.2 Å². The largest absolute Gasteiger partial charge is 0.325 e. The van der Waals surface area contributed by atoms with E-state index in [-0.39, 0.29) is 16.1 Å². The molecule has 0 radical (unpaired) electrons. The maximum absolute atomic E-state index is 12.8. The van der Waals surface area contributed by atoms with Crippen LogP contribution in [0.1, 0.15) is 26.3 Å². The molecule has 0 saturated heterocycles. The van der Waals surface area contributed by atoms with Gasteiger partial charge in [0.15, 0.2) is 0 Å². The summed E-state index contributed by atoms with van der Waals surface area (Å²) < 4.78 is 27.1. The zero-order valence-corrected chi connectivity index (χ0v) is 17.6. The fourth-order valence-corrected chi connectivity index (χ4v) is 5.07. The summed E-state index contributed by atoms with van der Waals surface area (Å²) in [4.78, 5) is 16.9. The lowest BCUT2D eigenvalue weighted by atomic mass is 10.2. The molecule has 1 unspecified atom stereocenters. The number of nitrogens with one attached hydrogen (secondary N) is 1. The van der Waals surface area contributed by atoms with Crippen molar-refractivity contribution >= 4 is 33.4 Å². The summed E-state index contributed by atoms with van der Waals surface area (Å²) in [5.74, 6) is -0.208. The van der Waals surface area contributed by atoms with Crippen LogP contribution in [-0.2, 0) is 14.8 Å². The van der Waals surface area contributed by atoms with Gasteiger partial charge in [0.05, 0.1) is 15.2 Å². The number of amides is 1. The fourth-order valence-electron chi connectivity index (χ4n) is 2.55. The summed E-state index contributed by atoms with van der Waals surface area (Å²) in [7, 11) is -3.59. The molecule has 1 heterocycles. The lowest BCUT2D eigenvalue weighted by Gasteiger charge is -2.20. The molecule has 1 N–H and O–H groups in total. The van der Waals surface area contributed by atoms with Crippen LogP contribution >= 0.6 is 11.8 Å². The predicted octanol–water partition coefficient (Wildman–Crippen LogP) is 3.54. The van der Waals surface area contributed by atoms with E-state index < -0.39 is 10.0 Å². The van der Waals surface area contributed by atoms with Crippen LogP contribution in [0.5, 0.6) is 0 Å². The molecule has 6 nitrogen and oxygen atoms in total. The van der Waals surface area contributed by atoms with Crippen molar-refractivity contribution in [2.24, 2.45) is 0 Å². The number of aromatic nitrogens is 1. The van der Waals surface area contributed by atoms with Crippen LogP contribution in [-0.4, -0.2) is 42.0 Å². The molecule has 27 heavy (non-hydrogen) atoms. The minimum absolute atomic E-state index is 0.208. The first-order chi connectivity index (χ1) is 12.8. The normalized spacial score (nSPS) is 12.8. The first-order valence-electron chi connectivity index (χ1n) is 8.79. The molecule has 0 saturated carbocycles. The molecule has 146 valence electrons. The number of benzene rings is 1. The molecule has 2 rings (SSSR count). The van der Waals surface area contributed by atoms with Gasteiger partial charge < -0.3 is 5.32 Å². The molecular weight excluding hydrogens is 382 g/mol. The van der Waals surface area contributed by atoms with Gasteiger partial charge in [0.2, 0.25) is 15.9 Å². The Morgan fingerprint density at radius 3 is 2.52 bits per heavy atom. The van der Waals surface area contributed by atoms with Crippen molar-refractivity contribution in [1.29, 1.82) is 0 Å². The van der Waals surface area contributed by atoms with Gasteiger partial charge in [0, 0.05) is 25.0 Å². The van der Waals surface area contributed by atoms with E-state index in [2.05, 4.69) is 10.3 Å². The van der Waals surface area contributed by atoms with E-state index in [1.165, 1.54) is 22.1 Å². The number of carbonyl (C=O) groups is 1. The summed E-state index contributed by atoms with van der Waals surface area (Å²) in [6.07, 6.45) is 1.68. The zero-order chi connectivity index (χ0) is 20.0. The minimum atomic E-state index is -3.59. The SMILES string of the molecule is CCN(CC)S(=O)(=O)c1cc(NC(=O)C(C)Sc2ccccn2)ccc1C. The Labute approximate surface area is 165 Å². The van der Waals surface area contributed by atoms with Crippen molar-refractivity contribution < 1.29 is 13.2 Å². The highest BCUT2D eigenvalue weighted by Crippen LogP contribution is 2.25. The molecule has 2 aromatic rings. The number of pyridine rings is 1. The monoisotopic (exact) mass is 407 g/mol. The molecule has 1 aromatic carbocycles. The second-order valence-electron chi connectivity index (χ2n) is 5.99. The predicted molar refractivity (Wildman–Crippen MR) is 109 cm³/mol. The smallest absolute Gasteiger partial charge is 0.243 e. The number of nitrogens with zero attached hydrogens (tertiary/aromatic N) is 2. The molecule has 0 aliphatic carbocycles. The van der Waals surface area contributed by atoms with Crippen LogP contribution in [0.25, 0.3) is 0 Å². The van der Waals surface area contributed by atoms with Gasteiger partial charge in [-0.05, 0) is 43.7 Å². The molecular formula is C19H25N3O3S2. The molecule has 0 fully saturated rings. The number of hydrogen-bond donors (Lipinski definition) is 1. The number of rotatable bonds is 8. The average molecular weight is 408 g/mol. The Morgan fingerprint density at radius 1 is 1.22 bits per heavy atom. The molecule has 1 aromatic heterocycles. The maximum Gasteiger partial charge on any atom is 0.243 e. The Balaban J connectivity index is 2.19. The van der Waals surface area contributed by atoms with Gasteiger partial charge in [-0.25, -0.2) is 13.4 Å². The third-order valence-corrected chi connectivity index (χ3v) is 7.33. The molecule has 0 spiro atoms. The zero-order valence-electron chi connectivity index (χ0n) is 16.0. The quantitative estimate of drug-likeness (QED) is 0.677. The highest BCUT2D eigenvalue weighted by molar-refractivity contribution is 8.00. The second kappa shape index (κ2) is 9.34. The number of sulfonamides is 1. The molecule has 1 atom stereocenters. The van der Waals surface area contributed by atoms with Gasteiger partial charge in [-0.3, -0.25) is 4.79 Å². The Morgan fingerprint density at radius 2 is 1.93 bits per heavy atom. The third kappa shape index (κ3) is 5.31. The maximum atomic E-state index is 12.8. The van der Waals surface area contributed by atoms with Crippen molar-refractivity contribution in [3.05, 3.63) is 48.2 Å². The highest BCUT2D eigenvalue weighted by atomic mass is 32.2. The number of aryl methyl sites for hydroxylation is 1. The summed E-state index contributed by atoms with van der Waals surface area (Å²) >= 11 is 1.35. The standard InChI is InChI=1S/C19H25N3O3S2/c1-5-22(6-2)27(24,25)17-13-16(11-10-14(17)3)21-19(23)15(4)26-18-9-7-8-12-20-18/h7-13,15H,5-6H2,1-4H3,(H,21,23). The highest BCUT2D eigenvalue weighted by Gasteiger charge is 2.24. The molecule has 0 aliphatic rings. The van der Waals surface area contributed by atoms with Crippen molar-refractivity contribution in [2.45, 2.75) is 42.9 Å². The molecule has 0 aliphatic heterocycles. The Kier molecular flexibility index (Phi) is 7.41. The summed E-state index contributed by atoms with van der Waals surface area (Å²) in [5.41, 5.74) is 1.11. The summed E-state index contributed by atoms with van der Waals surface area (Å²) in [6, 6.07) is 10.5. The van der Waals surface area contributed by atoms with Crippen LogP contribution in [0, 0.1) is 6.92 Å². The van der Waals surface area contributed by atoms with E-state index in [1.54, 1.807) is 46.0 Å². The van der Waals surface area contributed by atoms with Crippen molar-refractivity contribution in [3.8, 4) is 0 Å². The van der Waals surface area contributed by atoms with Gasteiger partial charge in [0.1, 0.15) is 0 Å². The lowest BCUT2D eigenvalue weighted by molar-refractivity contribution is -0.115. The Hall–Kier alpha value is -1.90. The van der Waals surface area contributed by atoms with Gasteiger partial charge in [-0.1, -0.05) is 37.7 Å². The number of hydrogen-bond acceptors (Lipinski definition) is 5. The summed E-state index contributed by atoms with van der Waals surface area (Å²) in [6.45, 7) is 7.94. The number of carbonyl (C=O) groups excluding carboxylic acids is 1. The molecule has 0 bridgehead atoms. The van der Waals surface area contributed by atoms with E-state index in [4.69, 9.17) is 0 Å². The van der Waals surface area contributed by atoms with Gasteiger partial charge in [0.25, 0.3) is 0 Å². The van der Waals surface area contributed by atoms with Crippen LogP contribution in [0.4, 0.5) is 5.69 Å². The number of thioether (sulfide) groups is 1. The van der Waals surface area contributed by atoms with Crippen LogP contribution in [0.2, 0.25) is 0 Å². The first kappa shape index (κ1) is 21.4. The van der Waals surface area contributed by atoms with Gasteiger partial charge in [-0.15, -0.1) is 0 Å². The molecule has 1 amide bonds. The average Bonchev–Trinajstić information content (AvgIpc) is 2.64. The minimum Gasteiger partial charge on any atom is -0.325 e. The van der Waals surface area contributed by atoms with Crippen LogP contribution in [0.15, 0.2) is 52.5 Å². The van der Waals surface area contributed by atoms with E-state index in [0.29, 0.717) is 24.3 Å².